The van der Waals surface area contributed by atoms with Crippen LogP contribution in [0.2, 0.25) is 0 Å². The summed E-state index contributed by atoms with van der Waals surface area (Å²) in [5, 5.41) is 4.77. The Morgan fingerprint density at radius 3 is 2.62 bits per heavy atom. The number of carbonyl (C=O) groups excluding carboxylic acids is 4. The molecule has 0 aliphatic carbocycles. The van der Waals surface area contributed by atoms with Gasteiger partial charge in [-0.25, -0.2) is 4.79 Å². The second kappa shape index (κ2) is 10.0. The number of urea groups is 1. The summed E-state index contributed by atoms with van der Waals surface area (Å²) < 4.78 is 0. The number of amides is 4. The molecule has 4 rings (SSSR count). The third-order valence-electron chi connectivity index (χ3n) is 6.84. The van der Waals surface area contributed by atoms with E-state index in [2.05, 4.69) is 10.3 Å². The van der Waals surface area contributed by atoms with Gasteiger partial charge in [-0.2, -0.15) is 0 Å². The monoisotopic (exact) mass is 482 g/mol. The number of likely N-dealkylation sites (tertiary alicyclic amines) is 1. The molecule has 0 aromatic carbocycles. The van der Waals surface area contributed by atoms with Crippen molar-refractivity contribution in [3.8, 4) is 0 Å². The molecule has 34 heavy (non-hydrogen) atoms. The minimum atomic E-state index is -0.921. The number of imide groups is 1. The van der Waals surface area contributed by atoms with Gasteiger partial charge in [-0.05, 0) is 50.3 Å². The summed E-state index contributed by atoms with van der Waals surface area (Å²) in [6.07, 6.45) is 4.82. The maximum absolute atomic E-state index is 13.6. The van der Waals surface area contributed by atoms with E-state index in [0.717, 1.165) is 12.1 Å². The fourth-order valence-corrected chi connectivity index (χ4v) is 5.84. The summed E-state index contributed by atoms with van der Waals surface area (Å²) >= 11 is 1.28. The van der Waals surface area contributed by atoms with Gasteiger partial charge in [0, 0.05) is 43.3 Å². The van der Waals surface area contributed by atoms with Gasteiger partial charge >= 0.3 is 6.03 Å². The Bertz CT molecular complexity index is 1080. The van der Waals surface area contributed by atoms with Crippen LogP contribution in [0.15, 0.2) is 35.8 Å². The van der Waals surface area contributed by atoms with Crippen molar-refractivity contribution in [1.29, 1.82) is 0 Å². The van der Waals surface area contributed by atoms with Crippen LogP contribution in [0.4, 0.5) is 4.79 Å². The maximum Gasteiger partial charge on any atom is 0.325 e. The number of Topliss-reactive ketones (excluding diaryl/α,β-unsaturated/α-hetero) is 1. The number of ketones is 1. The molecule has 1 N–H and O–H groups in total. The van der Waals surface area contributed by atoms with Crippen molar-refractivity contribution < 1.29 is 19.2 Å². The second-order valence-electron chi connectivity index (χ2n) is 9.00. The van der Waals surface area contributed by atoms with Gasteiger partial charge in [0.1, 0.15) is 5.54 Å². The summed E-state index contributed by atoms with van der Waals surface area (Å²) in [7, 11) is 0. The van der Waals surface area contributed by atoms with Crippen molar-refractivity contribution in [2.75, 3.05) is 19.6 Å². The summed E-state index contributed by atoms with van der Waals surface area (Å²) in [5.41, 5.74) is 0.446. The van der Waals surface area contributed by atoms with Crippen LogP contribution < -0.4 is 5.32 Å². The third-order valence-corrected chi connectivity index (χ3v) is 7.87. The molecule has 0 saturated carbocycles. The van der Waals surface area contributed by atoms with Crippen molar-refractivity contribution in [1.82, 2.24) is 20.1 Å². The molecule has 4 heterocycles. The van der Waals surface area contributed by atoms with Gasteiger partial charge in [0.25, 0.3) is 11.8 Å². The molecule has 0 spiro atoms. The van der Waals surface area contributed by atoms with Crippen molar-refractivity contribution in [2.24, 2.45) is 5.92 Å². The smallest absolute Gasteiger partial charge is 0.325 e. The highest BCUT2D eigenvalue weighted by Crippen LogP contribution is 2.37. The fourth-order valence-electron chi connectivity index (χ4n) is 5.06. The van der Waals surface area contributed by atoms with Gasteiger partial charge in [0.05, 0.1) is 10.4 Å². The van der Waals surface area contributed by atoms with Crippen molar-refractivity contribution in [2.45, 2.75) is 51.5 Å². The molecule has 2 aliphatic heterocycles. The molecule has 2 aromatic rings. The second-order valence-corrected chi connectivity index (χ2v) is 9.91. The van der Waals surface area contributed by atoms with E-state index < -0.39 is 5.54 Å². The lowest BCUT2D eigenvalue weighted by atomic mass is 9.74. The van der Waals surface area contributed by atoms with Gasteiger partial charge in [0.2, 0.25) is 0 Å². The van der Waals surface area contributed by atoms with Crippen molar-refractivity contribution in [3.63, 3.8) is 0 Å². The largest absolute Gasteiger partial charge is 0.339 e. The van der Waals surface area contributed by atoms with Gasteiger partial charge in [-0.3, -0.25) is 24.3 Å². The fraction of sp³-hybridized carbons (Fsp3) is 0.480. The van der Waals surface area contributed by atoms with Crippen LogP contribution in [0.1, 0.15) is 65.3 Å². The number of nitrogens with one attached hydrogen (secondary N) is 1. The van der Waals surface area contributed by atoms with E-state index in [9.17, 15) is 19.2 Å². The van der Waals surface area contributed by atoms with Crippen LogP contribution in [-0.4, -0.2) is 63.6 Å². The summed E-state index contributed by atoms with van der Waals surface area (Å²) in [5.74, 6) is -0.343. The van der Waals surface area contributed by atoms with Crippen LogP contribution in [0.3, 0.4) is 0 Å². The first-order valence-corrected chi connectivity index (χ1v) is 12.7. The van der Waals surface area contributed by atoms with E-state index in [-0.39, 0.29) is 29.5 Å². The van der Waals surface area contributed by atoms with E-state index in [0.29, 0.717) is 55.8 Å². The molecule has 8 nitrogen and oxygen atoms in total. The zero-order valence-electron chi connectivity index (χ0n) is 19.6. The number of hydrogen-bond donors (Lipinski definition) is 1. The standard InChI is InChI=1S/C25H30N4O4S/c1-3-10-25(23(32)29(24(33)27-25)14-9-20-6-4-5-11-26-20)19-7-12-28(13-8-19)22(31)18-15-21(17(2)30)34-16-18/h4-6,11,15-16,19H,3,7-10,12-14H2,1-2H3,(H,27,33). The zero-order valence-corrected chi connectivity index (χ0v) is 20.4. The summed E-state index contributed by atoms with van der Waals surface area (Å²) in [4.78, 5) is 58.9. The molecule has 4 amide bonds. The number of pyridine rings is 1. The van der Waals surface area contributed by atoms with Gasteiger partial charge in [0.15, 0.2) is 5.78 Å². The molecule has 2 aromatic heterocycles. The van der Waals surface area contributed by atoms with E-state index in [4.69, 9.17) is 0 Å². The Morgan fingerprint density at radius 1 is 1.24 bits per heavy atom. The average molecular weight is 483 g/mol. The Balaban J connectivity index is 1.43. The number of piperidine rings is 1. The van der Waals surface area contributed by atoms with Crippen LogP contribution in [0.5, 0.6) is 0 Å². The van der Waals surface area contributed by atoms with Gasteiger partial charge < -0.3 is 10.2 Å². The summed E-state index contributed by atoms with van der Waals surface area (Å²) in [6.45, 7) is 4.82. The Labute approximate surface area is 203 Å². The lowest BCUT2D eigenvalue weighted by molar-refractivity contribution is -0.134. The molecule has 180 valence electrons. The Morgan fingerprint density at radius 2 is 2.00 bits per heavy atom. The van der Waals surface area contributed by atoms with Crippen LogP contribution >= 0.6 is 11.3 Å². The molecule has 1 atom stereocenters. The molecule has 2 aliphatic rings. The van der Waals surface area contributed by atoms with Gasteiger partial charge in [-0.15, -0.1) is 11.3 Å². The summed E-state index contributed by atoms with van der Waals surface area (Å²) in [6, 6.07) is 6.92. The quantitative estimate of drug-likeness (QED) is 0.458. The third kappa shape index (κ3) is 4.61. The number of nitrogens with zero attached hydrogens (tertiary/aromatic N) is 3. The number of carbonyl (C=O) groups is 4. The van der Waals surface area contributed by atoms with Crippen LogP contribution in [0, 0.1) is 5.92 Å². The van der Waals surface area contributed by atoms with Crippen molar-refractivity contribution in [3.05, 3.63) is 52.0 Å². The molecule has 0 radical (unpaired) electrons. The number of rotatable bonds is 8. The zero-order chi connectivity index (χ0) is 24.3. The van der Waals surface area contributed by atoms with Crippen molar-refractivity contribution >= 4 is 35.0 Å². The predicted molar refractivity (Wildman–Crippen MR) is 129 cm³/mol. The molecule has 2 fully saturated rings. The Hall–Kier alpha value is -3.07. The number of aromatic nitrogens is 1. The lowest BCUT2D eigenvalue weighted by Gasteiger charge is -2.40. The minimum absolute atomic E-state index is 0.0388. The molecular formula is C25H30N4O4S. The first-order chi connectivity index (χ1) is 16.4. The van der Waals surface area contributed by atoms with E-state index >= 15 is 0 Å². The molecule has 0 bridgehead atoms. The molecule has 1 unspecified atom stereocenters. The maximum atomic E-state index is 13.6. The number of thiophene rings is 1. The minimum Gasteiger partial charge on any atom is -0.339 e. The lowest BCUT2D eigenvalue weighted by Crippen LogP contribution is -2.56. The highest BCUT2D eigenvalue weighted by Gasteiger charge is 2.55. The van der Waals surface area contributed by atoms with Crippen LogP contribution in [0.25, 0.3) is 0 Å². The Kier molecular flexibility index (Phi) is 7.11. The molecule has 9 heteroatoms. The normalized spacial score (nSPS) is 21.1. The van der Waals surface area contributed by atoms with E-state index in [1.807, 2.05) is 25.1 Å². The topological polar surface area (TPSA) is 99.7 Å². The predicted octanol–water partition coefficient (Wildman–Crippen LogP) is 3.53. The van der Waals surface area contributed by atoms with Crippen LogP contribution in [-0.2, 0) is 11.2 Å². The average Bonchev–Trinajstić information content (AvgIpc) is 3.43. The van der Waals surface area contributed by atoms with E-state index in [1.54, 1.807) is 22.5 Å². The van der Waals surface area contributed by atoms with Gasteiger partial charge in [-0.1, -0.05) is 19.4 Å². The molecule has 2 saturated heterocycles. The first kappa shape index (κ1) is 24.1. The SMILES string of the molecule is CCCC1(C2CCN(C(=O)c3csc(C(C)=O)c3)CC2)NC(=O)N(CCc2ccccn2)C1=O. The highest BCUT2D eigenvalue weighted by molar-refractivity contribution is 7.12. The molecular weight excluding hydrogens is 452 g/mol. The first-order valence-electron chi connectivity index (χ1n) is 11.8. The highest BCUT2D eigenvalue weighted by atomic mass is 32.1. The van der Waals surface area contributed by atoms with E-state index in [1.165, 1.54) is 23.2 Å². The number of hydrogen-bond acceptors (Lipinski definition) is 6.